The second kappa shape index (κ2) is 6.15. The molecule has 6 heteroatoms. The molecule has 2 aromatic heterocycles. The average molecular weight is 314 g/mol. The predicted molar refractivity (Wildman–Crippen MR) is 87.4 cm³/mol. The van der Waals surface area contributed by atoms with E-state index in [9.17, 15) is 0 Å². The van der Waals surface area contributed by atoms with Crippen molar-refractivity contribution in [3.63, 3.8) is 0 Å². The van der Waals surface area contributed by atoms with E-state index in [4.69, 9.17) is 11.6 Å². The SMILES string of the molecule is Cc1cc(C)n(-c2cncc(NCc3ccc(Cl)cc3)n2)n1. The van der Waals surface area contributed by atoms with Crippen molar-refractivity contribution in [3.8, 4) is 5.82 Å². The molecular weight excluding hydrogens is 298 g/mol. The molecule has 2 heterocycles. The highest BCUT2D eigenvalue weighted by Crippen LogP contribution is 2.13. The summed E-state index contributed by atoms with van der Waals surface area (Å²) in [6, 6.07) is 9.71. The van der Waals surface area contributed by atoms with Gasteiger partial charge in [-0.2, -0.15) is 5.10 Å². The molecular formula is C16H16ClN5. The van der Waals surface area contributed by atoms with Gasteiger partial charge in [-0.3, -0.25) is 4.98 Å². The number of hydrogen-bond donors (Lipinski definition) is 1. The number of anilines is 1. The molecule has 3 rings (SSSR count). The van der Waals surface area contributed by atoms with Crippen molar-refractivity contribution in [3.05, 3.63) is 64.7 Å². The first-order valence-corrected chi connectivity index (χ1v) is 7.33. The summed E-state index contributed by atoms with van der Waals surface area (Å²) in [5.74, 6) is 1.41. The van der Waals surface area contributed by atoms with E-state index in [2.05, 4.69) is 20.4 Å². The standard InChI is InChI=1S/C16H16ClN5/c1-11-7-12(2)22(21-11)16-10-18-9-15(20-16)19-8-13-3-5-14(17)6-4-13/h3-7,9-10H,8H2,1-2H3,(H,19,20). The maximum absolute atomic E-state index is 5.88. The van der Waals surface area contributed by atoms with E-state index in [0.29, 0.717) is 18.2 Å². The van der Waals surface area contributed by atoms with Gasteiger partial charge < -0.3 is 5.32 Å². The first kappa shape index (κ1) is 14.5. The van der Waals surface area contributed by atoms with Gasteiger partial charge in [-0.15, -0.1) is 0 Å². The van der Waals surface area contributed by atoms with Crippen molar-refractivity contribution in [1.29, 1.82) is 0 Å². The lowest BCUT2D eigenvalue weighted by Crippen LogP contribution is -2.07. The van der Waals surface area contributed by atoms with E-state index in [1.165, 1.54) is 0 Å². The molecule has 112 valence electrons. The molecule has 0 aliphatic heterocycles. The summed E-state index contributed by atoms with van der Waals surface area (Å²) in [6.45, 7) is 4.61. The van der Waals surface area contributed by atoms with Gasteiger partial charge in [0.2, 0.25) is 0 Å². The number of rotatable bonds is 4. The van der Waals surface area contributed by atoms with Gasteiger partial charge in [0, 0.05) is 17.3 Å². The molecule has 0 atom stereocenters. The lowest BCUT2D eigenvalue weighted by molar-refractivity contribution is 0.799. The molecule has 1 aromatic carbocycles. The molecule has 22 heavy (non-hydrogen) atoms. The molecule has 3 aromatic rings. The number of nitrogens with zero attached hydrogens (tertiary/aromatic N) is 4. The van der Waals surface area contributed by atoms with Crippen LogP contribution >= 0.6 is 11.6 Å². The highest BCUT2D eigenvalue weighted by atomic mass is 35.5. The minimum atomic E-state index is 0.659. The van der Waals surface area contributed by atoms with E-state index in [1.807, 2.05) is 44.2 Å². The first-order chi connectivity index (χ1) is 10.6. The van der Waals surface area contributed by atoms with Crippen LogP contribution in [-0.4, -0.2) is 19.7 Å². The third kappa shape index (κ3) is 3.26. The van der Waals surface area contributed by atoms with Crippen LogP contribution in [0.25, 0.3) is 5.82 Å². The average Bonchev–Trinajstić information content (AvgIpc) is 2.86. The molecule has 0 fully saturated rings. The van der Waals surface area contributed by atoms with Crippen LogP contribution in [0.2, 0.25) is 5.02 Å². The monoisotopic (exact) mass is 313 g/mol. The van der Waals surface area contributed by atoms with Crippen LogP contribution in [-0.2, 0) is 6.54 Å². The molecule has 0 spiro atoms. The lowest BCUT2D eigenvalue weighted by atomic mass is 10.2. The topological polar surface area (TPSA) is 55.6 Å². The van der Waals surface area contributed by atoms with Crippen molar-refractivity contribution in [2.75, 3.05) is 5.32 Å². The van der Waals surface area contributed by atoms with Crippen LogP contribution < -0.4 is 5.32 Å². The number of halogens is 1. The molecule has 0 unspecified atom stereocenters. The smallest absolute Gasteiger partial charge is 0.174 e. The van der Waals surface area contributed by atoms with E-state index in [1.54, 1.807) is 17.1 Å². The second-order valence-electron chi connectivity index (χ2n) is 5.08. The van der Waals surface area contributed by atoms with Gasteiger partial charge in [-0.25, -0.2) is 9.67 Å². The van der Waals surface area contributed by atoms with Crippen molar-refractivity contribution in [2.24, 2.45) is 0 Å². The fourth-order valence-electron chi connectivity index (χ4n) is 2.20. The zero-order valence-electron chi connectivity index (χ0n) is 12.4. The quantitative estimate of drug-likeness (QED) is 0.800. The fourth-order valence-corrected chi connectivity index (χ4v) is 2.32. The zero-order chi connectivity index (χ0) is 15.5. The number of aromatic nitrogens is 4. The number of hydrogen-bond acceptors (Lipinski definition) is 4. The molecule has 0 amide bonds. The van der Waals surface area contributed by atoms with Crippen molar-refractivity contribution >= 4 is 17.4 Å². The molecule has 5 nitrogen and oxygen atoms in total. The Balaban J connectivity index is 1.76. The van der Waals surface area contributed by atoms with Crippen molar-refractivity contribution < 1.29 is 0 Å². The minimum Gasteiger partial charge on any atom is -0.365 e. The molecule has 0 aliphatic rings. The van der Waals surface area contributed by atoms with E-state index < -0.39 is 0 Å². The molecule has 0 aliphatic carbocycles. The molecule has 1 N–H and O–H groups in total. The largest absolute Gasteiger partial charge is 0.365 e. The predicted octanol–water partition coefficient (Wildman–Crippen LogP) is 3.54. The van der Waals surface area contributed by atoms with E-state index in [0.717, 1.165) is 22.0 Å². The summed E-state index contributed by atoms with van der Waals surface area (Å²) in [4.78, 5) is 8.78. The number of aryl methyl sites for hydroxylation is 2. The Labute approximate surface area is 134 Å². The van der Waals surface area contributed by atoms with E-state index >= 15 is 0 Å². The Morgan fingerprint density at radius 2 is 1.91 bits per heavy atom. The molecule has 0 radical (unpaired) electrons. The number of benzene rings is 1. The Bertz CT molecular complexity index is 779. The third-order valence-electron chi connectivity index (χ3n) is 3.24. The summed E-state index contributed by atoms with van der Waals surface area (Å²) in [6.07, 6.45) is 3.40. The Kier molecular flexibility index (Phi) is 4.06. The van der Waals surface area contributed by atoms with E-state index in [-0.39, 0.29) is 0 Å². The summed E-state index contributed by atoms with van der Waals surface area (Å²) in [7, 11) is 0. The highest BCUT2D eigenvalue weighted by Gasteiger charge is 2.06. The van der Waals surface area contributed by atoms with Crippen LogP contribution in [0, 0.1) is 13.8 Å². The second-order valence-corrected chi connectivity index (χ2v) is 5.52. The maximum Gasteiger partial charge on any atom is 0.174 e. The lowest BCUT2D eigenvalue weighted by Gasteiger charge is -2.08. The van der Waals surface area contributed by atoms with Gasteiger partial charge in [-0.1, -0.05) is 23.7 Å². The normalized spacial score (nSPS) is 10.7. The minimum absolute atomic E-state index is 0.659. The van der Waals surface area contributed by atoms with Gasteiger partial charge in [0.15, 0.2) is 5.82 Å². The molecule has 0 bridgehead atoms. The summed E-state index contributed by atoms with van der Waals surface area (Å²) in [5, 5.41) is 8.41. The van der Waals surface area contributed by atoms with Gasteiger partial charge in [0.1, 0.15) is 5.82 Å². The summed E-state index contributed by atoms with van der Waals surface area (Å²) in [5.41, 5.74) is 3.11. The molecule has 0 saturated heterocycles. The Morgan fingerprint density at radius 3 is 2.59 bits per heavy atom. The fraction of sp³-hybridized carbons (Fsp3) is 0.188. The van der Waals surface area contributed by atoms with Crippen LogP contribution in [0.4, 0.5) is 5.82 Å². The summed E-state index contributed by atoms with van der Waals surface area (Å²) < 4.78 is 1.79. The third-order valence-corrected chi connectivity index (χ3v) is 3.49. The van der Waals surface area contributed by atoms with Crippen LogP contribution in [0.3, 0.4) is 0 Å². The van der Waals surface area contributed by atoms with Crippen molar-refractivity contribution in [1.82, 2.24) is 19.7 Å². The summed E-state index contributed by atoms with van der Waals surface area (Å²) >= 11 is 5.88. The Hall–Kier alpha value is -2.40. The van der Waals surface area contributed by atoms with Gasteiger partial charge in [0.05, 0.1) is 18.1 Å². The molecule has 0 saturated carbocycles. The van der Waals surface area contributed by atoms with Crippen LogP contribution in [0.1, 0.15) is 17.0 Å². The van der Waals surface area contributed by atoms with Gasteiger partial charge in [0.25, 0.3) is 0 Å². The van der Waals surface area contributed by atoms with Gasteiger partial charge >= 0.3 is 0 Å². The Morgan fingerprint density at radius 1 is 1.14 bits per heavy atom. The van der Waals surface area contributed by atoms with Crippen LogP contribution in [0.5, 0.6) is 0 Å². The first-order valence-electron chi connectivity index (χ1n) is 6.96. The maximum atomic E-state index is 5.88. The number of nitrogens with one attached hydrogen (secondary N) is 1. The van der Waals surface area contributed by atoms with Crippen LogP contribution in [0.15, 0.2) is 42.7 Å². The van der Waals surface area contributed by atoms with Gasteiger partial charge in [-0.05, 0) is 37.6 Å². The highest BCUT2D eigenvalue weighted by molar-refractivity contribution is 6.30. The zero-order valence-corrected chi connectivity index (χ0v) is 13.2. The van der Waals surface area contributed by atoms with Crippen molar-refractivity contribution in [2.45, 2.75) is 20.4 Å².